The van der Waals surface area contributed by atoms with E-state index < -0.39 is 5.82 Å². The van der Waals surface area contributed by atoms with Crippen LogP contribution in [0, 0.1) is 5.82 Å². The Hall–Kier alpha value is 0.411. The van der Waals surface area contributed by atoms with Gasteiger partial charge in [0.05, 0.1) is 5.69 Å². The Kier molecular flexibility index (Phi) is 6.16. The van der Waals surface area contributed by atoms with Gasteiger partial charge >= 0.3 is 51.4 Å². The summed E-state index contributed by atoms with van der Waals surface area (Å²) in [4.78, 5) is 0. The zero-order chi connectivity index (χ0) is 8.27. The fourth-order valence-corrected chi connectivity index (χ4v) is 0.662. The summed E-state index contributed by atoms with van der Waals surface area (Å²) < 4.78 is 16.8. The van der Waals surface area contributed by atoms with Crippen LogP contribution in [-0.2, 0) is 0 Å². The summed E-state index contributed by atoms with van der Waals surface area (Å²) in [6, 6.07) is 3.56. The number of anilines is 1. The molecule has 0 aliphatic heterocycles. The molecular formula is C6H5BFKNO2. The molecule has 0 amide bonds. The van der Waals surface area contributed by atoms with E-state index in [9.17, 15) is 9.41 Å². The van der Waals surface area contributed by atoms with Crippen LogP contribution in [0.15, 0.2) is 18.2 Å². The minimum atomic E-state index is -0.490. The number of halogens is 1. The van der Waals surface area contributed by atoms with E-state index in [0.717, 1.165) is 6.07 Å². The Morgan fingerprint density at radius 1 is 1.50 bits per heavy atom. The van der Waals surface area contributed by atoms with Gasteiger partial charge in [-0.25, -0.2) is 4.39 Å². The molecule has 6 heteroatoms. The van der Waals surface area contributed by atoms with Gasteiger partial charge in [0.1, 0.15) is 11.6 Å². The summed E-state index contributed by atoms with van der Waals surface area (Å²) in [5, 5.41) is 9.84. The van der Waals surface area contributed by atoms with Gasteiger partial charge in [0.25, 0.3) is 0 Å². The normalized spacial score (nSPS) is 8.50. The molecule has 0 saturated heterocycles. The molecule has 0 aromatic heterocycles. The van der Waals surface area contributed by atoms with Crippen LogP contribution >= 0.6 is 0 Å². The maximum absolute atomic E-state index is 12.4. The maximum atomic E-state index is 12.4. The zero-order valence-corrected chi connectivity index (χ0v) is 9.70. The Morgan fingerprint density at radius 3 is 2.75 bits per heavy atom. The van der Waals surface area contributed by atoms with Gasteiger partial charge in [0.2, 0.25) is 7.69 Å². The van der Waals surface area contributed by atoms with Crippen LogP contribution in [0.4, 0.5) is 10.1 Å². The molecule has 0 spiro atoms. The largest absolute Gasteiger partial charge is 1.00 e. The SMILES string of the molecule is Nc1ccc(F)cc1O[B][O-].[K+]. The molecule has 0 bridgehead atoms. The third kappa shape index (κ3) is 3.42. The number of nitrogen functional groups attached to an aromatic ring is 1. The third-order valence-corrected chi connectivity index (χ3v) is 1.15. The van der Waals surface area contributed by atoms with E-state index in [-0.39, 0.29) is 70.5 Å². The number of hydrogen-bond acceptors (Lipinski definition) is 3. The van der Waals surface area contributed by atoms with E-state index >= 15 is 0 Å². The van der Waals surface area contributed by atoms with Gasteiger partial charge in [0, 0.05) is 6.07 Å². The molecule has 1 rings (SSSR count). The first-order chi connectivity index (χ1) is 5.24. The second-order valence-corrected chi connectivity index (χ2v) is 1.90. The summed E-state index contributed by atoms with van der Waals surface area (Å²) in [5.41, 5.74) is 5.56. The van der Waals surface area contributed by atoms with Gasteiger partial charge in [-0.05, 0) is 12.1 Å². The van der Waals surface area contributed by atoms with Crippen molar-refractivity contribution < 1.29 is 65.5 Å². The second-order valence-electron chi connectivity index (χ2n) is 1.90. The summed E-state index contributed by atoms with van der Waals surface area (Å²) in [6.07, 6.45) is 0. The van der Waals surface area contributed by atoms with Crippen LogP contribution in [-0.4, -0.2) is 7.69 Å². The monoisotopic (exact) mass is 192 g/mol. The molecule has 0 aliphatic carbocycles. The molecule has 0 aliphatic rings. The van der Waals surface area contributed by atoms with E-state index in [2.05, 4.69) is 4.65 Å². The van der Waals surface area contributed by atoms with Crippen molar-refractivity contribution in [3.8, 4) is 5.75 Å². The number of rotatable bonds is 2. The van der Waals surface area contributed by atoms with Gasteiger partial charge < -0.3 is 15.4 Å². The van der Waals surface area contributed by atoms with Crippen molar-refractivity contribution in [2.45, 2.75) is 0 Å². The maximum Gasteiger partial charge on any atom is 1.00 e. The van der Waals surface area contributed by atoms with Crippen molar-refractivity contribution in [1.29, 1.82) is 0 Å². The van der Waals surface area contributed by atoms with Crippen molar-refractivity contribution in [2.75, 3.05) is 5.73 Å². The van der Waals surface area contributed by atoms with Crippen LogP contribution in [0.3, 0.4) is 0 Å². The van der Waals surface area contributed by atoms with Gasteiger partial charge in [0.15, 0.2) is 0 Å². The van der Waals surface area contributed by atoms with Crippen LogP contribution in [0.25, 0.3) is 0 Å². The van der Waals surface area contributed by atoms with Gasteiger partial charge in [-0.3, -0.25) is 0 Å². The summed E-state index contributed by atoms with van der Waals surface area (Å²) >= 11 is 0. The number of hydrogen-bond donors (Lipinski definition) is 1. The molecule has 0 unspecified atom stereocenters. The number of nitrogens with two attached hydrogens (primary N) is 1. The molecule has 12 heavy (non-hydrogen) atoms. The van der Waals surface area contributed by atoms with Crippen molar-refractivity contribution in [2.24, 2.45) is 0 Å². The minimum Gasteiger partial charge on any atom is -0.850 e. The minimum absolute atomic E-state index is 0. The Morgan fingerprint density at radius 2 is 2.17 bits per heavy atom. The average Bonchev–Trinajstić information content (AvgIpc) is 1.98. The molecule has 0 heterocycles. The van der Waals surface area contributed by atoms with E-state index in [4.69, 9.17) is 5.73 Å². The smallest absolute Gasteiger partial charge is 0.850 e. The topological polar surface area (TPSA) is 58.3 Å². The quantitative estimate of drug-likeness (QED) is 0.394. The predicted molar refractivity (Wildman–Crippen MR) is 37.2 cm³/mol. The van der Waals surface area contributed by atoms with Crippen LogP contribution < -0.4 is 66.8 Å². The zero-order valence-electron chi connectivity index (χ0n) is 6.58. The first-order valence-electron chi connectivity index (χ1n) is 2.89. The summed E-state index contributed by atoms with van der Waals surface area (Å²) in [5.74, 6) is -0.448. The number of benzene rings is 1. The molecule has 57 valence electrons. The molecule has 2 N–H and O–H groups in total. The first kappa shape index (κ1) is 12.4. The van der Waals surface area contributed by atoms with E-state index in [1.54, 1.807) is 0 Å². The molecular weight excluding hydrogens is 187 g/mol. The average molecular weight is 192 g/mol. The summed E-state index contributed by atoms with van der Waals surface area (Å²) in [6.45, 7) is 0. The third-order valence-electron chi connectivity index (χ3n) is 1.15. The van der Waals surface area contributed by atoms with Crippen LogP contribution in [0.1, 0.15) is 0 Å². The van der Waals surface area contributed by atoms with Crippen molar-refractivity contribution in [1.82, 2.24) is 0 Å². The van der Waals surface area contributed by atoms with Gasteiger partial charge in [-0.15, -0.1) is 0 Å². The van der Waals surface area contributed by atoms with E-state index in [0.29, 0.717) is 0 Å². The van der Waals surface area contributed by atoms with Crippen molar-refractivity contribution >= 4 is 13.4 Å². The van der Waals surface area contributed by atoms with E-state index in [1.165, 1.54) is 12.1 Å². The Labute approximate surface area is 113 Å². The second kappa shape index (κ2) is 5.96. The molecule has 0 fully saturated rings. The summed E-state index contributed by atoms with van der Waals surface area (Å²) in [7, 11) is 0.200. The van der Waals surface area contributed by atoms with Crippen molar-refractivity contribution in [3.05, 3.63) is 24.0 Å². The predicted octanol–water partition coefficient (Wildman–Crippen LogP) is -3.31. The molecule has 0 atom stereocenters. The van der Waals surface area contributed by atoms with Gasteiger partial charge in [-0.2, -0.15) is 0 Å². The fraction of sp³-hybridized carbons (Fsp3) is 0. The molecule has 3 nitrogen and oxygen atoms in total. The molecule has 1 radical (unpaired) electrons. The molecule has 0 saturated carbocycles. The van der Waals surface area contributed by atoms with Crippen molar-refractivity contribution in [3.63, 3.8) is 0 Å². The van der Waals surface area contributed by atoms with Gasteiger partial charge in [-0.1, -0.05) is 0 Å². The Balaban J connectivity index is 0.00000121. The molecule has 1 aromatic carbocycles. The van der Waals surface area contributed by atoms with E-state index in [1.807, 2.05) is 0 Å². The first-order valence-corrected chi connectivity index (χ1v) is 2.89. The molecule has 1 aromatic rings. The fourth-order valence-electron chi connectivity index (χ4n) is 0.662. The van der Waals surface area contributed by atoms with Crippen LogP contribution in [0.2, 0.25) is 0 Å². The Bertz CT molecular complexity index is 261. The van der Waals surface area contributed by atoms with Crippen LogP contribution in [0.5, 0.6) is 5.75 Å². The standard InChI is InChI=1S/C6H5BFNO2.K/c8-4-1-2-5(9)6(3-4)11-7-10;/h1-3H,9H2;/q-1;+1.